The zero-order chi connectivity index (χ0) is 9.78. The molecule has 0 amide bonds. The zero-order valence-corrected chi connectivity index (χ0v) is 8.10. The first-order chi connectivity index (χ1) is 5.40. The van der Waals surface area contributed by atoms with E-state index in [-0.39, 0.29) is 12.2 Å². The molecular weight excluding hydrogens is 180 g/mol. The minimum atomic E-state index is -3.19. The van der Waals surface area contributed by atoms with Gasteiger partial charge in [0.05, 0.1) is 17.4 Å². The van der Waals surface area contributed by atoms with Crippen LogP contribution in [-0.4, -0.2) is 30.5 Å². The van der Waals surface area contributed by atoms with Crippen molar-refractivity contribution in [1.29, 1.82) is 0 Å². The van der Waals surface area contributed by atoms with Crippen molar-refractivity contribution in [3.63, 3.8) is 0 Å². The van der Waals surface area contributed by atoms with Crippen LogP contribution in [0.4, 0.5) is 0 Å². The number of rotatable bonds is 5. The number of sulfone groups is 1. The van der Waals surface area contributed by atoms with E-state index in [1.165, 1.54) is 0 Å². The fourth-order valence-corrected chi connectivity index (χ4v) is 2.05. The molecule has 0 fully saturated rings. The Kier molecular flexibility index (Phi) is 4.23. The Morgan fingerprint density at radius 2 is 2.00 bits per heavy atom. The first-order valence-electron chi connectivity index (χ1n) is 3.83. The van der Waals surface area contributed by atoms with E-state index in [2.05, 4.69) is 0 Å². The molecule has 0 aromatic heterocycles. The molecule has 1 atom stereocenters. The normalized spacial score (nSPS) is 14.2. The molecule has 0 rings (SSSR count). The van der Waals surface area contributed by atoms with Gasteiger partial charge in [0, 0.05) is 0 Å². The van der Waals surface area contributed by atoms with Crippen molar-refractivity contribution in [1.82, 2.24) is 0 Å². The molecule has 0 spiro atoms. The highest BCUT2D eigenvalue weighted by molar-refractivity contribution is 7.92. The lowest BCUT2D eigenvalue weighted by Gasteiger charge is -2.08. The lowest BCUT2D eigenvalue weighted by Crippen LogP contribution is -2.21. The fourth-order valence-electron chi connectivity index (χ4n) is 0.685. The summed E-state index contributed by atoms with van der Waals surface area (Å²) >= 11 is 0. The maximum absolute atomic E-state index is 11.2. The molecule has 0 saturated carbocycles. The molecule has 1 N–H and O–H groups in total. The maximum Gasteiger partial charge on any atom is 0.304 e. The Morgan fingerprint density at radius 3 is 2.33 bits per heavy atom. The van der Waals surface area contributed by atoms with Gasteiger partial charge in [-0.3, -0.25) is 4.79 Å². The largest absolute Gasteiger partial charge is 0.481 e. The third-order valence-electron chi connectivity index (χ3n) is 1.79. The molecule has 0 saturated heterocycles. The first kappa shape index (κ1) is 11.4. The van der Waals surface area contributed by atoms with Crippen LogP contribution in [-0.2, 0) is 14.6 Å². The second-order valence-corrected chi connectivity index (χ2v) is 5.27. The molecule has 4 nitrogen and oxygen atoms in total. The van der Waals surface area contributed by atoms with Crippen LogP contribution in [0.25, 0.3) is 0 Å². The van der Waals surface area contributed by atoms with Crippen molar-refractivity contribution in [2.24, 2.45) is 0 Å². The van der Waals surface area contributed by atoms with Gasteiger partial charge in [-0.2, -0.15) is 0 Å². The summed E-state index contributed by atoms with van der Waals surface area (Å²) in [6.07, 6.45) is 0.231. The summed E-state index contributed by atoms with van der Waals surface area (Å²) < 4.78 is 22.4. The van der Waals surface area contributed by atoms with Crippen LogP contribution < -0.4 is 0 Å². The van der Waals surface area contributed by atoms with E-state index in [9.17, 15) is 13.2 Å². The van der Waals surface area contributed by atoms with Crippen LogP contribution in [0.1, 0.15) is 26.7 Å². The molecule has 5 heteroatoms. The van der Waals surface area contributed by atoms with Crippen LogP contribution in [0.5, 0.6) is 0 Å². The minimum Gasteiger partial charge on any atom is -0.481 e. The summed E-state index contributed by atoms with van der Waals surface area (Å²) in [4.78, 5) is 10.1. The van der Waals surface area contributed by atoms with E-state index >= 15 is 0 Å². The Labute approximate surface area is 72.5 Å². The standard InChI is InChI=1S/C7H14O4S/c1-3-6(2)12(10,11)5-4-7(8)9/h6H,3-5H2,1-2H3,(H,8,9). The summed E-state index contributed by atoms with van der Waals surface area (Å²) in [6.45, 7) is 3.36. The van der Waals surface area contributed by atoms with Gasteiger partial charge in [0.25, 0.3) is 0 Å². The highest BCUT2D eigenvalue weighted by Gasteiger charge is 2.19. The molecule has 0 aliphatic heterocycles. The van der Waals surface area contributed by atoms with Gasteiger partial charge in [-0.25, -0.2) is 8.42 Å². The Bertz CT molecular complexity index is 242. The average molecular weight is 194 g/mol. The van der Waals surface area contributed by atoms with Gasteiger partial charge in [-0.15, -0.1) is 0 Å². The van der Waals surface area contributed by atoms with Gasteiger partial charge < -0.3 is 5.11 Å². The van der Waals surface area contributed by atoms with Gasteiger partial charge in [0.1, 0.15) is 0 Å². The van der Waals surface area contributed by atoms with Gasteiger partial charge in [-0.1, -0.05) is 6.92 Å². The molecule has 72 valence electrons. The fraction of sp³-hybridized carbons (Fsp3) is 0.857. The molecule has 0 aromatic rings. The Balaban J connectivity index is 4.15. The molecule has 0 aromatic carbocycles. The highest BCUT2D eigenvalue weighted by atomic mass is 32.2. The van der Waals surface area contributed by atoms with E-state index in [0.717, 1.165) is 0 Å². The quantitative estimate of drug-likeness (QED) is 0.698. The number of carboxylic acid groups (broad SMARTS) is 1. The Morgan fingerprint density at radius 1 is 1.50 bits per heavy atom. The average Bonchev–Trinajstić information content (AvgIpc) is 1.99. The van der Waals surface area contributed by atoms with Crippen LogP contribution in [0.2, 0.25) is 0 Å². The van der Waals surface area contributed by atoms with Crippen LogP contribution in [0.3, 0.4) is 0 Å². The number of hydrogen-bond donors (Lipinski definition) is 1. The maximum atomic E-state index is 11.2. The van der Waals surface area contributed by atoms with E-state index in [4.69, 9.17) is 5.11 Å². The van der Waals surface area contributed by atoms with E-state index in [1.807, 2.05) is 0 Å². The monoisotopic (exact) mass is 194 g/mol. The molecule has 12 heavy (non-hydrogen) atoms. The topological polar surface area (TPSA) is 71.4 Å². The second-order valence-electron chi connectivity index (χ2n) is 2.73. The van der Waals surface area contributed by atoms with Crippen molar-refractivity contribution in [2.45, 2.75) is 31.9 Å². The number of aliphatic carboxylic acids is 1. The predicted molar refractivity (Wildman–Crippen MR) is 45.8 cm³/mol. The lowest BCUT2D eigenvalue weighted by atomic mass is 10.4. The third kappa shape index (κ3) is 3.71. The molecule has 0 bridgehead atoms. The van der Waals surface area contributed by atoms with Crippen molar-refractivity contribution < 1.29 is 18.3 Å². The molecular formula is C7H14O4S. The third-order valence-corrected chi connectivity index (χ3v) is 4.12. The number of carboxylic acids is 1. The van der Waals surface area contributed by atoms with Crippen LogP contribution >= 0.6 is 0 Å². The van der Waals surface area contributed by atoms with E-state index in [0.29, 0.717) is 6.42 Å². The SMILES string of the molecule is CCC(C)S(=O)(=O)CCC(=O)O. The van der Waals surface area contributed by atoms with Crippen molar-refractivity contribution in [3.8, 4) is 0 Å². The smallest absolute Gasteiger partial charge is 0.304 e. The predicted octanol–water partition coefficient (Wildman–Crippen LogP) is 0.674. The highest BCUT2D eigenvalue weighted by Crippen LogP contribution is 2.06. The van der Waals surface area contributed by atoms with E-state index in [1.54, 1.807) is 13.8 Å². The Hall–Kier alpha value is -0.580. The number of carbonyl (C=O) groups is 1. The minimum absolute atomic E-state index is 0.253. The summed E-state index contributed by atoms with van der Waals surface area (Å²) in [6, 6.07) is 0. The zero-order valence-electron chi connectivity index (χ0n) is 7.28. The molecule has 0 heterocycles. The van der Waals surface area contributed by atoms with Gasteiger partial charge in [-0.05, 0) is 13.3 Å². The van der Waals surface area contributed by atoms with Crippen molar-refractivity contribution >= 4 is 15.8 Å². The van der Waals surface area contributed by atoms with Crippen molar-refractivity contribution in [3.05, 3.63) is 0 Å². The second kappa shape index (κ2) is 4.45. The van der Waals surface area contributed by atoms with Crippen LogP contribution in [0, 0.1) is 0 Å². The molecule has 0 radical (unpaired) electrons. The summed E-state index contributed by atoms with van der Waals surface area (Å²) in [5.41, 5.74) is 0. The van der Waals surface area contributed by atoms with Gasteiger partial charge >= 0.3 is 5.97 Å². The van der Waals surface area contributed by atoms with Crippen molar-refractivity contribution in [2.75, 3.05) is 5.75 Å². The summed E-state index contributed by atoms with van der Waals surface area (Å²) in [5.74, 6) is -1.32. The van der Waals surface area contributed by atoms with E-state index < -0.39 is 21.1 Å². The molecule has 1 unspecified atom stereocenters. The van der Waals surface area contributed by atoms with Gasteiger partial charge in [0.2, 0.25) is 0 Å². The summed E-state index contributed by atoms with van der Waals surface area (Å²) in [7, 11) is -3.19. The number of hydrogen-bond acceptors (Lipinski definition) is 3. The van der Waals surface area contributed by atoms with Crippen LogP contribution in [0.15, 0.2) is 0 Å². The first-order valence-corrected chi connectivity index (χ1v) is 5.55. The summed E-state index contributed by atoms with van der Waals surface area (Å²) in [5, 5.41) is 7.83. The molecule has 0 aliphatic carbocycles. The lowest BCUT2D eigenvalue weighted by molar-refractivity contribution is -0.136. The van der Waals surface area contributed by atoms with Gasteiger partial charge in [0.15, 0.2) is 9.84 Å². The molecule has 0 aliphatic rings.